The summed E-state index contributed by atoms with van der Waals surface area (Å²) in [6.45, 7) is 5.39. The fraction of sp³-hybridized carbons (Fsp3) is 0.421. The van der Waals surface area contributed by atoms with Crippen molar-refractivity contribution < 1.29 is 9.53 Å². The fourth-order valence-corrected chi connectivity index (χ4v) is 2.91. The van der Waals surface area contributed by atoms with E-state index in [1.54, 1.807) is 12.3 Å². The van der Waals surface area contributed by atoms with E-state index in [0.29, 0.717) is 24.7 Å². The molecule has 0 saturated carbocycles. The van der Waals surface area contributed by atoms with E-state index in [0.717, 1.165) is 44.3 Å². The molecular weight excluding hydrogens is 366 g/mol. The Balaban J connectivity index is 1.43. The number of ether oxygens (including phenoxy) is 1. The van der Waals surface area contributed by atoms with E-state index in [9.17, 15) is 4.79 Å². The quantitative estimate of drug-likeness (QED) is 0.717. The Morgan fingerprint density at radius 1 is 1.15 bits per heavy atom. The minimum absolute atomic E-state index is 0.189. The van der Waals surface area contributed by atoms with Gasteiger partial charge >= 0.3 is 0 Å². The first-order valence-electron chi connectivity index (χ1n) is 9.10. The topological polar surface area (TPSA) is 79.4 Å². The predicted octanol–water partition coefficient (Wildman–Crippen LogP) is 1.85. The Bertz CT molecular complexity index is 735. The standard InChI is InChI=1S/C19H24ClN5O2/c20-16-3-1-15(2-4-16)5-7-22-19-23-8-6-17(24-19)18(26)21-9-10-25-11-13-27-14-12-25/h1-4,6,8H,5,7,9-14H2,(H,21,26)(H,22,23,24). The van der Waals surface area contributed by atoms with Crippen LogP contribution in [-0.4, -0.2) is 66.7 Å². The highest BCUT2D eigenvalue weighted by Gasteiger charge is 2.12. The maximum atomic E-state index is 12.3. The van der Waals surface area contributed by atoms with Gasteiger partial charge in [0.1, 0.15) is 5.69 Å². The van der Waals surface area contributed by atoms with E-state index in [1.165, 1.54) is 5.56 Å². The molecule has 8 heteroatoms. The largest absolute Gasteiger partial charge is 0.379 e. The molecule has 1 aliphatic heterocycles. The Morgan fingerprint density at radius 2 is 1.93 bits per heavy atom. The number of morpholine rings is 1. The van der Waals surface area contributed by atoms with Crippen LogP contribution in [0.3, 0.4) is 0 Å². The first-order valence-corrected chi connectivity index (χ1v) is 9.48. The molecule has 1 fully saturated rings. The number of aromatic nitrogens is 2. The van der Waals surface area contributed by atoms with E-state index in [-0.39, 0.29) is 5.91 Å². The smallest absolute Gasteiger partial charge is 0.270 e. The van der Waals surface area contributed by atoms with Gasteiger partial charge in [-0.1, -0.05) is 23.7 Å². The van der Waals surface area contributed by atoms with Crippen molar-refractivity contribution in [3.63, 3.8) is 0 Å². The van der Waals surface area contributed by atoms with Gasteiger partial charge in [-0.25, -0.2) is 9.97 Å². The number of hydrogen-bond acceptors (Lipinski definition) is 6. The van der Waals surface area contributed by atoms with Crippen molar-refractivity contribution in [1.82, 2.24) is 20.2 Å². The minimum atomic E-state index is -0.189. The van der Waals surface area contributed by atoms with Gasteiger partial charge in [-0.15, -0.1) is 0 Å². The van der Waals surface area contributed by atoms with Gasteiger partial charge in [0.15, 0.2) is 0 Å². The molecular formula is C19H24ClN5O2. The number of carbonyl (C=O) groups excluding carboxylic acids is 1. The fourth-order valence-electron chi connectivity index (χ4n) is 2.78. The molecule has 1 saturated heterocycles. The molecule has 0 unspecified atom stereocenters. The van der Waals surface area contributed by atoms with E-state index in [4.69, 9.17) is 16.3 Å². The average Bonchev–Trinajstić information content (AvgIpc) is 2.70. The first kappa shape index (κ1) is 19.5. The summed E-state index contributed by atoms with van der Waals surface area (Å²) >= 11 is 5.89. The lowest BCUT2D eigenvalue weighted by Crippen LogP contribution is -2.41. The molecule has 0 aliphatic carbocycles. The van der Waals surface area contributed by atoms with Gasteiger partial charge in [-0.2, -0.15) is 0 Å². The van der Waals surface area contributed by atoms with Crippen LogP contribution in [0.5, 0.6) is 0 Å². The van der Waals surface area contributed by atoms with Gasteiger partial charge in [0.05, 0.1) is 13.2 Å². The van der Waals surface area contributed by atoms with Gasteiger partial charge < -0.3 is 15.4 Å². The minimum Gasteiger partial charge on any atom is -0.379 e. The summed E-state index contributed by atoms with van der Waals surface area (Å²) in [7, 11) is 0. The summed E-state index contributed by atoms with van der Waals surface area (Å²) in [5, 5.41) is 6.79. The van der Waals surface area contributed by atoms with Crippen molar-refractivity contribution in [2.45, 2.75) is 6.42 Å². The number of rotatable bonds is 8. The lowest BCUT2D eigenvalue weighted by atomic mass is 10.1. The van der Waals surface area contributed by atoms with E-state index < -0.39 is 0 Å². The monoisotopic (exact) mass is 389 g/mol. The van der Waals surface area contributed by atoms with E-state index >= 15 is 0 Å². The number of hydrogen-bond donors (Lipinski definition) is 2. The highest BCUT2D eigenvalue weighted by molar-refractivity contribution is 6.30. The van der Waals surface area contributed by atoms with Crippen molar-refractivity contribution in [2.75, 3.05) is 51.3 Å². The lowest BCUT2D eigenvalue weighted by Gasteiger charge is -2.26. The molecule has 3 rings (SSSR count). The maximum Gasteiger partial charge on any atom is 0.270 e. The molecule has 0 atom stereocenters. The van der Waals surface area contributed by atoms with Gasteiger partial charge in [0.2, 0.25) is 5.95 Å². The second kappa shape index (κ2) is 10.2. The molecule has 2 aromatic rings. The highest BCUT2D eigenvalue weighted by Crippen LogP contribution is 2.10. The van der Waals surface area contributed by atoms with Crippen LogP contribution in [0.2, 0.25) is 5.02 Å². The molecule has 1 aromatic carbocycles. The summed E-state index contributed by atoms with van der Waals surface area (Å²) in [4.78, 5) is 23.0. The van der Waals surface area contributed by atoms with Crippen molar-refractivity contribution in [3.05, 3.63) is 52.8 Å². The van der Waals surface area contributed by atoms with Crippen molar-refractivity contribution >= 4 is 23.5 Å². The third-order valence-corrected chi connectivity index (χ3v) is 4.57. The number of benzene rings is 1. The Morgan fingerprint density at radius 3 is 2.70 bits per heavy atom. The molecule has 144 valence electrons. The lowest BCUT2D eigenvalue weighted by molar-refractivity contribution is 0.0383. The molecule has 7 nitrogen and oxygen atoms in total. The van der Waals surface area contributed by atoms with Crippen molar-refractivity contribution in [3.8, 4) is 0 Å². The maximum absolute atomic E-state index is 12.3. The van der Waals surface area contributed by atoms with E-state index in [1.807, 2.05) is 24.3 Å². The third-order valence-electron chi connectivity index (χ3n) is 4.32. The van der Waals surface area contributed by atoms with Gasteiger partial charge in [0, 0.05) is 43.9 Å². The highest BCUT2D eigenvalue weighted by atomic mass is 35.5. The van der Waals surface area contributed by atoms with Crippen LogP contribution in [-0.2, 0) is 11.2 Å². The molecule has 0 bridgehead atoms. The predicted molar refractivity (Wildman–Crippen MR) is 105 cm³/mol. The summed E-state index contributed by atoms with van der Waals surface area (Å²) in [6, 6.07) is 9.34. The molecule has 1 amide bonds. The average molecular weight is 390 g/mol. The molecule has 0 radical (unpaired) electrons. The van der Waals surface area contributed by atoms with Crippen LogP contribution in [0.4, 0.5) is 5.95 Å². The zero-order chi connectivity index (χ0) is 18.9. The molecule has 1 aromatic heterocycles. The van der Waals surface area contributed by atoms with Crippen LogP contribution < -0.4 is 10.6 Å². The third kappa shape index (κ3) is 6.46. The van der Waals surface area contributed by atoms with E-state index in [2.05, 4.69) is 25.5 Å². The number of nitrogens with one attached hydrogen (secondary N) is 2. The molecule has 2 N–H and O–H groups in total. The summed E-state index contributed by atoms with van der Waals surface area (Å²) in [5.74, 6) is 0.260. The zero-order valence-corrected chi connectivity index (χ0v) is 15.9. The zero-order valence-electron chi connectivity index (χ0n) is 15.2. The Kier molecular flexibility index (Phi) is 7.38. The summed E-state index contributed by atoms with van der Waals surface area (Å²) in [5.41, 5.74) is 1.53. The molecule has 27 heavy (non-hydrogen) atoms. The summed E-state index contributed by atoms with van der Waals surface area (Å²) < 4.78 is 5.32. The number of nitrogens with zero attached hydrogens (tertiary/aromatic N) is 3. The second-order valence-electron chi connectivity index (χ2n) is 6.28. The number of halogens is 1. The molecule has 0 spiro atoms. The normalized spacial score (nSPS) is 14.7. The SMILES string of the molecule is O=C(NCCN1CCOCC1)c1ccnc(NCCc2ccc(Cl)cc2)n1. The number of amides is 1. The number of carbonyl (C=O) groups is 1. The van der Waals surface area contributed by atoms with Crippen LogP contribution in [0, 0.1) is 0 Å². The Labute approximate surface area is 164 Å². The van der Waals surface area contributed by atoms with Gasteiger partial charge in [0.25, 0.3) is 5.91 Å². The molecule has 2 heterocycles. The van der Waals surface area contributed by atoms with Gasteiger partial charge in [-0.3, -0.25) is 9.69 Å². The van der Waals surface area contributed by atoms with Crippen molar-refractivity contribution in [2.24, 2.45) is 0 Å². The first-order chi connectivity index (χ1) is 13.2. The van der Waals surface area contributed by atoms with Crippen LogP contribution >= 0.6 is 11.6 Å². The van der Waals surface area contributed by atoms with Crippen LogP contribution in [0.25, 0.3) is 0 Å². The van der Waals surface area contributed by atoms with Crippen molar-refractivity contribution in [1.29, 1.82) is 0 Å². The summed E-state index contributed by atoms with van der Waals surface area (Å²) in [6.07, 6.45) is 2.41. The second-order valence-corrected chi connectivity index (χ2v) is 6.72. The molecule has 1 aliphatic rings. The van der Waals surface area contributed by atoms with Crippen LogP contribution in [0.1, 0.15) is 16.1 Å². The number of anilines is 1. The van der Waals surface area contributed by atoms with Gasteiger partial charge in [-0.05, 0) is 30.2 Å². The Hall–Kier alpha value is -2.22. The van der Waals surface area contributed by atoms with Crippen LogP contribution in [0.15, 0.2) is 36.5 Å².